The molecule has 5 nitrogen and oxygen atoms in total. The van der Waals surface area contributed by atoms with Gasteiger partial charge in [-0.3, -0.25) is 9.69 Å². The third-order valence-corrected chi connectivity index (χ3v) is 4.51. The van der Waals surface area contributed by atoms with Crippen LogP contribution in [0, 0.1) is 24.9 Å². The average molecular weight is 314 g/mol. The molecule has 1 aromatic rings. The van der Waals surface area contributed by atoms with E-state index in [1.165, 1.54) is 0 Å². The van der Waals surface area contributed by atoms with Gasteiger partial charge in [0.2, 0.25) is 0 Å². The number of carbonyl (C=O) groups is 2. The van der Waals surface area contributed by atoms with Gasteiger partial charge in [0.15, 0.2) is 0 Å². The van der Waals surface area contributed by atoms with Gasteiger partial charge in [0.05, 0.1) is 6.04 Å². The Hall–Kier alpha value is -1.88. The molecule has 23 heavy (non-hydrogen) atoms. The number of amides is 1. The van der Waals surface area contributed by atoms with Gasteiger partial charge in [-0.1, -0.05) is 30.3 Å². The van der Waals surface area contributed by atoms with Gasteiger partial charge in [-0.15, -0.1) is 0 Å². The highest BCUT2D eigenvalue weighted by molar-refractivity contribution is 5.82. The molecule has 0 aromatic heterocycles. The van der Waals surface area contributed by atoms with E-state index in [1.807, 2.05) is 43.2 Å². The summed E-state index contributed by atoms with van der Waals surface area (Å²) in [6.07, 6.45) is 4.58. The zero-order valence-corrected chi connectivity index (χ0v) is 13.3. The SMILES string of the molecule is CO[C]1[CH][CH][C@@H]2[C@@H](C(C)=O)C[C@@H]1N2C(=O)OCc1ccccc1. The minimum Gasteiger partial charge on any atom is -0.445 e. The van der Waals surface area contributed by atoms with Crippen molar-refractivity contribution in [3.8, 4) is 0 Å². The number of hydrogen-bond donors (Lipinski definition) is 0. The van der Waals surface area contributed by atoms with Crippen molar-refractivity contribution in [3.63, 3.8) is 0 Å². The Morgan fingerprint density at radius 2 is 2.00 bits per heavy atom. The standard InChI is InChI=1S/C18H20NO4/c1-12(20)14-10-16-17(22-2)9-8-15(14)19(16)18(21)23-11-13-6-4-3-5-7-13/h3-9,14-16H,10-11H2,1-2H3/t14-,15-,16+/m1/s1. The second-order valence-electron chi connectivity index (χ2n) is 5.87. The van der Waals surface area contributed by atoms with Crippen LogP contribution in [0.25, 0.3) is 0 Å². The third-order valence-electron chi connectivity index (χ3n) is 4.51. The lowest BCUT2D eigenvalue weighted by Gasteiger charge is -2.37. The average Bonchev–Trinajstić information content (AvgIpc) is 2.84. The second kappa shape index (κ2) is 6.71. The fourth-order valence-corrected chi connectivity index (χ4v) is 3.33. The third kappa shape index (κ3) is 3.11. The Kier molecular flexibility index (Phi) is 4.66. The van der Waals surface area contributed by atoms with E-state index in [4.69, 9.17) is 9.47 Å². The second-order valence-corrected chi connectivity index (χ2v) is 5.87. The molecule has 2 bridgehead atoms. The van der Waals surface area contributed by atoms with Crippen molar-refractivity contribution in [2.45, 2.75) is 32.0 Å². The molecule has 0 aliphatic carbocycles. The van der Waals surface area contributed by atoms with Crippen LogP contribution in [0.2, 0.25) is 0 Å². The summed E-state index contributed by atoms with van der Waals surface area (Å²) in [6.45, 7) is 1.78. The van der Waals surface area contributed by atoms with Crippen molar-refractivity contribution in [2.24, 2.45) is 5.92 Å². The molecule has 0 saturated carbocycles. The molecule has 2 heterocycles. The molecule has 121 valence electrons. The Labute approximate surface area is 136 Å². The van der Waals surface area contributed by atoms with Crippen molar-refractivity contribution < 1.29 is 19.1 Å². The maximum absolute atomic E-state index is 12.6. The van der Waals surface area contributed by atoms with Gasteiger partial charge < -0.3 is 9.47 Å². The predicted octanol–water partition coefficient (Wildman–Crippen LogP) is 2.57. The fraction of sp³-hybridized carbons (Fsp3) is 0.389. The lowest BCUT2D eigenvalue weighted by atomic mass is 9.94. The minimum absolute atomic E-state index is 0.0837. The van der Waals surface area contributed by atoms with E-state index < -0.39 is 6.09 Å². The minimum atomic E-state index is -0.411. The quantitative estimate of drug-likeness (QED) is 0.857. The lowest BCUT2D eigenvalue weighted by Crippen LogP contribution is -2.49. The first-order valence-electron chi connectivity index (χ1n) is 7.70. The molecule has 5 heteroatoms. The maximum Gasteiger partial charge on any atom is 0.410 e. The fourth-order valence-electron chi connectivity index (χ4n) is 3.33. The molecule has 3 radical (unpaired) electrons. The number of nitrogens with zero attached hydrogens (tertiary/aromatic N) is 1. The largest absolute Gasteiger partial charge is 0.445 e. The predicted molar refractivity (Wildman–Crippen MR) is 83.7 cm³/mol. The van der Waals surface area contributed by atoms with Crippen molar-refractivity contribution in [3.05, 3.63) is 54.8 Å². The highest BCUT2D eigenvalue weighted by Gasteiger charge is 2.53. The summed E-state index contributed by atoms with van der Waals surface area (Å²) in [7, 11) is 1.58. The summed E-state index contributed by atoms with van der Waals surface area (Å²) < 4.78 is 10.8. The van der Waals surface area contributed by atoms with Crippen molar-refractivity contribution in [1.29, 1.82) is 0 Å². The number of hydrogen-bond acceptors (Lipinski definition) is 4. The molecular weight excluding hydrogens is 294 g/mol. The number of rotatable bonds is 4. The Balaban J connectivity index is 1.72. The number of ketones is 1. The molecule has 0 spiro atoms. The molecule has 2 fully saturated rings. The summed E-state index contributed by atoms with van der Waals surface area (Å²) in [5.74, 6) is -0.117. The van der Waals surface area contributed by atoms with Crippen molar-refractivity contribution >= 4 is 11.9 Å². The van der Waals surface area contributed by atoms with E-state index in [0.717, 1.165) is 5.56 Å². The van der Waals surface area contributed by atoms with E-state index in [2.05, 4.69) is 0 Å². The molecule has 2 aliphatic rings. The molecule has 1 aromatic carbocycles. The van der Waals surface area contributed by atoms with Crippen LogP contribution in [-0.4, -0.2) is 36.0 Å². The van der Waals surface area contributed by atoms with Crippen molar-refractivity contribution in [2.75, 3.05) is 7.11 Å². The van der Waals surface area contributed by atoms with Gasteiger partial charge in [-0.2, -0.15) is 0 Å². The summed E-state index contributed by atoms with van der Waals surface area (Å²) in [4.78, 5) is 26.1. The first kappa shape index (κ1) is 16.0. The number of carbonyl (C=O) groups excluding carboxylic acids is 2. The summed E-state index contributed by atoms with van der Waals surface area (Å²) in [5, 5.41) is 0. The van der Waals surface area contributed by atoms with Crippen LogP contribution >= 0.6 is 0 Å². The highest BCUT2D eigenvalue weighted by atomic mass is 16.6. The molecule has 0 N–H and O–H groups in total. The van der Waals surface area contributed by atoms with Gasteiger partial charge in [0.25, 0.3) is 0 Å². The molecule has 2 aliphatic heterocycles. The molecule has 3 atom stereocenters. The van der Waals surface area contributed by atoms with E-state index in [0.29, 0.717) is 12.5 Å². The number of piperidine rings is 1. The van der Waals surface area contributed by atoms with Crippen LogP contribution in [0.3, 0.4) is 0 Å². The number of fused-ring (bicyclic) bond motifs is 2. The van der Waals surface area contributed by atoms with Crippen LogP contribution in [0.1, 0.15) is 18.9 Å². The number of Topliss-reactive ketones (excluding diaryl/α,β-unsaturated/α-hetero) is 1. The lowest BCUT2D eigenvalue weighted by molar-refractivity contribution is -0.121. The van der Waals surface area contributed by atoms with Crippen molar-refractivity contribution in [1.82, 2.24) is 4.90 Å². The molecule has 0 unspecified atom stereocenters. The Bertz CT molecular complexity index is 574. The molecule has 2 saturated heterocycles. The first-order valence-corrected chi connectivity index (χ1v) is 7.70. The summed E-state index contributed by atoms with van der Waals surface area (Å²) in [6, 6.07) is 9.05. The van der Waals surface area contributed by atoms with Crippen LogP contribution in [0.5, 0.6) is 0 Å². The number of methoxy groups -OCH3 is 1. The molecule has 3 rings (SSSR count). The van der Waals surface area contributed by atoms with Crippen LogP contribution in [0.15, 0.2) is 30.3 Å². The molecule has 1 amide bonds. The summed E-state index contributed by atoms with van der Waals surface area (Å²) in [5.41, 5.74) is 0.930. The van der Waals surface area contributed by atoms with Crippen LogP contribution < -0.4 is 0 Å². The van der Waals surface area contributed by atoms with Gasteiger partial charge in [-0.25, -0.2) is 4.79 Å². The van der Waals surface area contributed by atoms with Gasteiger partial charge in [-0.05, 0) is 25.3 Å². The van der Waals surface area contributed by atoms with E-state index in [9.17, 15) is 9.59 Å². The van der Waals surface area contributed by atoms with Crippen LogP contribution in [0.4, 0.5) is 4.79 Å². The highest BCUT2D eigenvalue weighted by Crippen LogP contribution is 2.43. The zero-order valence-electron chi connectivity index (χ0n) is 13.3. The van der Waals surface area contributed by atoms with E-state index in [-0.39, 0.29) is 30.4 Å². The van der Waals surface area contributed by atoms with Gasteiger partial charge >= 0.3 is 6.09 Å². The monoisotopic (exact) mass is 314 g/mol. The van der Waals surface area contributed by atoms with E-state index in [1.54, 1.807) is 18.9 Å². The summed E-state index contributed by atoms with van der Waals surface area (Å²) >= 11 is 0. The maximum atomic E-state index is 12.6. The topological polar surface area (TPSA) is 55.8 Å². The van der Waals surface area contributed by atoms with Gasteiger partial charge in [0, 0.05) is 25.5 Å². The van der Waals surface area contributed by atoms with Gasteiger partial charge in [0.1, 0.15) is 18.5 Å². The normalized spacial score (nSPS) is 27.0. The van der Waals surface area contributed by atoms with E-state index >= 15 is 0 Å². The number of benzene rings is 1. The molecular formula is C18H20NO4. The smallest absolute Gasteiger partial charge is 0.410 e. The first-order chi connectivity index (χ1) is 11.1. The Morgan fingerprint density at radius 3 is 2.65 bits per heavy atom. The van der Waals surface area contributed by atoms with Crippen LogP contribution in [-0.2, 0) is 20.9 Å². The Morgan fingerprint density at radius 1 is 1.26 bits per heavy atom. The zero-order chi connectivity index (χ0) is 16.4. The number of ether oxygens (including phenoxy) is 2.